The lowest BCUT2D eigenvalue weighted by molar-refractivity contribution is 0.319. The molecule has 0 aliphatic carbocycles. The Morgan fingerprint density at radius 2 is 1.90 bits per heavy atom. The van der Waals surface area contributed by atoms with E-state index >= 15 is 0 Å². The molecule has 0 saturated carbocycles. The van der Waals surface area contributed by atoms with Gasteiger partial charge in [-0.1, -0.05) is 47.1 Å². The molecular formula is C23H17ClN4O. The van der Waals surface area contributed by atoms with E-state index in [9.17, 15) is 0 Å². The molecule has 0 saturated heterocycles. The minimum atomic E-state index is 0.548. The molecule has 0 unspecified atom stereocenters. The van der Waals surface area contributed by atoms with Gasteiger partial charge in [0.1, 0.15) is 5.82 Å². The summed E-state index contributed by atoms with van der Waals surface area (Å²) >= 11 is 6.26. The van der Waals surface area contributed by atoms with Crippen LogP contribution >= 0.6 is 11.6 Å². The van der Waals surface area contributed by atoms with Gasteiger partial charge in [-0.2, -0.15) is 0 Å². The zero-order valence-corrected chi connectivity index (χ0v) is 16.3. The third-order valence-electron chi connectivity index (χ3n) is 5.10. The highest BCUT2D eigenvalue weighted by Crippen LogP contribution is 2.37. The number of rotatable bonds is 3. The van der Waals surface area contributed by atoms with E-state index in [4.69, 9.17) is 21.8 Å². The third-order valence-corrected chi connectivity index (χ3v) is 5.33. The summed E-state index contributed by atoms with van der Waals surface area (Å²) in [5.74, 6) is 0.753. The number of anilines is 2. The number of aromatic amines is 1. The number of fused-ring (bicyclic) bond motifs is 5. The molecule has 0 spiro atoms. The maximum Gasteiger partial charge on any atom is 0.141 e. The minimum Gasteiger partial charge on any atom is -0.411 e. The predicted octanol–water partition coefficient (Wildman–Crippen LogP) is 6.46. The summed E-state index contributed by atoms with van der Waals surface area (Å²) in [5.41, 5.74) is 5.12. The average molecular weight is 401 g/mol. The van der Waals surface area contributed by atoms with E-state index in [0.717, 1.165) is 49.8 Å². The number of hydrogen-bond acceptors (Lipinski definition) is 4. The molecule has 0 aliphatic heterocycles. The van der Waals surface area contributed by atoms with Crippen LogP contribution < -0.4 is 5.32 Å². The minimum absolute atomic E-state index is 0.548. The Kier molecular flexibility index (Phi) is 4.11. The lowest BCUT2D eigenvalue weighted by atomic mass is 10.1. The smallest absolute Gasteiger partial charge is 0.141 e. The fourth-order valence-corrected chi connectivity index (χ4v) is 3.85. The van der Waals surface area contributed by atoms with E-state index < -0.39 is 0 Å². The van der Waals surface area contributed by atoms with E-state index in [1.165, 1.54) is 0 Å². The second-order valence-electron chi connectivity index (χ2n) is 6.93. The van der Waals surface area contributed by atoms with Crippen molar-refractivity contribution < 1.29 is 5.21 Å². The molecule has 2 heterocycles. The molecule has 0 atom stereocenters. The van der Waals surface area contributed by atoms with E-state index in [1.807, 2.05) is 54.6 Å². The van der Waals surface area contributed by atoms with Crippen molar-refractivity contribution in [2.24, 2.45) is 5.16 Å². The summed E-state index contributed by atoms with van der Waals surface area (Å²) < 4.78 is 0. The Labute approximate surface area is 171 Å². The molecule has 5 rings (SSSR count). The number of nitrogens with one attached hydrogen (secondary N) is 2. The van der Waals surface area contributed by atoms with Crippen LogP contribution in [0.2, 0.25) is 5.02 Å². The van der Waals surface area contributed by atoms with Crippen LogP contribution in [0.15, 0.2) is 71.9 Å². The largest absolute Gasteiger partial charge is 0.411 e. The number of aromatic nitrogens is 2. The summed E-state index contributed by atoms with van der Waals surface area (Å²) in [5, 5.41) is 19.6. The molecule has 0 aliphatic rings. The van der Waals surface area contributed by atoms with Gasteiger partial charge in [-0.25, -0.2) is 4.98 Å². The second kappa shape index (κ2) is 6.79. The van der Waals surface area contributed by atoms with Gasteiger partial charge in [0.2, 0.25) is 0 Å². The van der Waals surface area contributed by atoms with Crippen LogP contribution in [0.4, 0.5) is 11.5 Å². The molecule has 3 N–H and O–H groups in total. The molecular weight excluding hydrogens is 384 g/mol. The SMILES string of the molecule is CC(=NO)c1cccc(Nc2nc3ccc(Cl)cc3c3[nH]c4ccccc4c23)c1. The number of para-hydroxylation sites is 1. The Morgan fingerprint density at radius 3 is 2.76 bits per heavy atom. The van der Waals surface area contributed by atoms with Gasteiger partial charge in [0.05, 0.1) is 22.1 Å². The molecule has 29 heavy (non-hydrogen) atoms. The molecule has 142 valence electrons. The maximum absolute atomic E-state index is 9.08. The van der Waals surface area contributed by atoms with Crippen molar-refractivity contribution >= 4 is 61.5 Å². The standard InChI is InChI=1S/C23H17ClN4O/c1-13(28-29)14-5-4-6-16(11-14)25-23-21-17-7-2-3-8-19(17)26-22(21)18-12-15(24)9-10-20(18)27-23/h2-12,26,29H,1H3,(H,25,27). The summed E-state index contributed by atoms with van der Waals surface area (Å²) in [7, 11) is 0. The maximum atomic E-state index is 9.08. The predicted molar refractivity (Wildman–Crippen MR) is 120 cm³/mol. The fraction of sp³-hybridized carbons (Fsp3) is 0.0435. The van der Waals surface area contributed by atoms with Crippen LogP contribution in [0.1, 0.15) is 12.5 Å². The fourth-order valence-electron chi connectivity index (χ4n) is 3.68. The number of hydrogen-bond donors (Lipinski definition) is 3. The van der Waals surface area contributed by atoms with Crippen molar-refractivity contribution in [1.29, 1.82) is 0 Å². The summed E-state index contributed by atoms with van der Waals surface area (Å²) in [6.07, 6.45) is 0. The van der Waals surface area contributed by atoms with Gasteiger partial charge >= 0.3 is 0 Å². The second-order valence-corrected chi connectivity index (χ2v) is 7.37. The highest BCUT2D eigenvalue weighted by atomic mass is 35.5. The summed E-state index contributed by atoms with van der Waals surface area (Å²) in [4.78, 5) is 8.41. The van der Waals surface area contributed by atoms with Crippen molar-refractivity contribution in [3.8, 4) is 0 Å². The molecule has 3 aromatic carbocycles. The first-order valence-corrected chi connectivity index (χ1v) is 9.57. The Balaban J connectivity index is 1.77. The van der Waals surface area contributed by atoms with Gasteiger partial charge in [-0.05, 0) is 43.3 Å². The highest BCUT2D eigenvalue weighted by molar-refractivity contribution is 6.32. The first-order valence-electron chi connectivity index (χ1n) is 9.20. The van der Waals surface area contributed by atoms with Crippen LogP contribution in [0.25, 0.3) is 32.7 Å². The normalized spacial score (nSPS) is 12.1. The Hall–Kier alpha value is -3.57. The number of nitrogens with zero attached hydrogens (tertiary/aromatic N) is 2. The van der Waals surface area contributed by atoms with Crippen molar-refractivity contribution in [3.05, 3.63) is 77.3 Å². The van der Waals surface area contributed by atoms with E-state index in [2.05, 4.69) is 27.6 Å². The van der Waals surface area contributed by atoms with Gasteiger partial charge in [-0.3, -0.25) is 0 Å². The van der Waals surface area contributed by atoms with E-state index in [1.54, 1.807) is 6.92 Å². The zero-order valence-electron chi connectivity index (χ0n) is 15.6. The van der Waals surface area contributed by atoms with Crippen LogP contribution in [-0.4, -0.2) is 20.9 Å². The molecule has 5 nitrogen and oxygen atoms in total. The molecule has 6 heteroatoms. The van der Waals surface area contributed by atoms with Gasteiger partial charge in [0.25, 0.3) is 0 Å². The van der Waals surface area contributed by atoms with Gasteiger partial charge in [0, 0.05) is 32.6 Å². The van der Waals surface area contributed by atoms with Crippen molar-refractivity contribution in [1.82, 2.24) is 9.97 Å². The molecule has 0 bridgehead atoms. The van der Waals surface area contributed by atoms with Gasteiger partial charge in [-0.15, -0.1) is 0 Å². The number of benzene rings is 3. The quantitative estimate of drug-likeness (QED) is 0.185. The molecule has 0 amide bonds. The molecule has 0 radical (unpaired) electrons. The first kappa shape index (κ1) is 17.5. The number of H-pyrrole nitrogens is 1. The lowest BCUT2D eigenvalue weighted by Gasteiger charge is -2.11. The lowest BCUT2D eigenvalue weighted by Crippen LogP contribution is -1.99. The monoisotopic (exact) mass is 400 g/mol. The molecule has 5 aromatic rings. The van der Waals surface area contributed by atoms with Gasteiger partial charge in [0.15, 0.2) is 0 Å². The van der Waals surface area contributed by atoms with Crippen molar-refractivity contribution in [2.75, 3.05) is 5.32 Å². The highest BCUT2D eigenvalue weighted by Gasteiger charge is 2.15. The average Bonchev–Trinajstić information content (AvgIpc) is 3.14. The topological polar surface area (TPSA) is 73.3 Å². The van der Waals surface area contributed by atoms with Crippen LogP contribution in [0.5, 0.6) is 0 Å². The van der Waals surface area contributed by atoms with E-state index in [0.29, 0.717) is 10.7 Å². The van der Waals surface area contributed by atoms with Crippen molar-refractivity contribution in [2.45, 2.75) is 6.92 Å². The van der Waals surface area contributed by atoms with Crippen molar-refractivity contribution in [3.63, 3.8) is 0 Å². The number of oxime groups is 1. The van der Waals surface area contributed by atoms with Crippen LogP contribution in [0, 0.1) is 0 Å². The number of pyridine rings is 1. The first-order chi connectivity index (χ1) is 14.1. The van der Waals surface area contributed by atoms with Crippen LogP contribution in [-0.2, 0) is 0 Å². The van der Waals surface area contributed by atoms with E-state index in [-0.39, 0.29) is 0 Å². The summed E-state index contributed by atoms with van der Waals surface area (Å²) in [6, 6.07) is 21.6. The number of halogens is 1. The molecule has 2 aromatic heterocycles. The summed E-state index contributed by atoms with van der Waals surface area (Å²) in [6.45, 7) is 1.76. The van der Waals surface area contributed by atoms with Crippen LogP contribution in [0.3, 0.4) is 0 Å². The Morgan fingerprint density at radius 1 is 1.03 bits per heavy atom. The third kappa shape index (κ3) is 2.96. The Bertz CT molecular complexity index is 1420. The molecule has 0 fully saturated rings. The zero-order chi connectivity index (χ0) is 20.0. The van der Waals surface area contributed by atoms with Gasteiger partial charge < -0.3 is 15.5 Å².